The number of rotatable bonds is 4. The number of benzene rings is 1. The molecule has 0 aliphatic carbocycles. The van der Waals surface area contributed by atoms with Crippen molar-refractivity contribution in [1.29, 1.82) is 0 Å². The van der Waals surface area contributed by atoms with Crippen molar-refractivity contribution in [3.05, 3.63) is 35.9 Å². The quantitative estimate of drug-likeness (QED) is 0.885. The van der Waals surface area contributed by atoms with Gasteiger partial charge in [-0.05, 0) is 12.5 Å². The molecule has 0 saturated carbocycles. The van der Waals surface area contributed by atoms with Crippen LogP contribution in [0.4, 0.5) is 0 Å². The SMILES string of the molecule is CC1COC(c2ccccc2)CN1CCC(=O)O. The standard InChI is InChI=1S/C14H19NO3/c1-11-10-18-13(12-5-3-2-4-6-12)9-15(11)8-7-14(16)17/h2-6,11,13H,7-10H2,1H3,(H,16,17). The normalized spacial score (nSPS) is 24.9. The van der Waals surface area contributed by atoms with Crippen LogP contribution in [0.5, 0.6) is 0 Å². The number of hydrogen-bond acceptors (Lipinski definition) is 3. The maximum atomic E-state index is 10.6. The molecule has 0 radical (unpaired) electrons. The highest BCUT2D eigenvalue weighted by molar-refractivity contribution is 5.66. The summed E-state index contributed by atoms with van der Waals surface area (Å²) in [5.74, 6) is -0.745. The Morgan fingerprint density at radius 3 is 2.83 bits per heavy atom. The highest BCUT2D eigenvalue weighted by Crippen LogP contribution is 2.24. The fourth-order valence-electron chi connectivity index (χ4n) is 2.23. The summed E-state index contributed by atoms with van der Waals surface area (Å²) >= 11 is 0. The van der Waals surface area contributed by atoms with Gasteiger partial charge in [-0.3, -0.25) is 9.69 Å². The van der Waals surface area contributed by atoms with Crippen LogP contribution in [-0.2, 0) is 9.53 Å². The topological polar surface area (TPSA) is 49.8 Å². The lowest BCUT2D eigenvalue weighted by molar-refractivity contribution is -0.138. The summed E-state index contributed by atoms with van der Waals surface area (Å²) in [6.07, 6.45) is 0.238. The van der Waals surface area contributed by atoms with Crippen LogP contribution in [0.15, 0.2) is 30.3 Å². The number of carboxylic acids is 1. The molecule has 0 amide bonds. The molecule has 2 rings (SSSR count). The van der Waals surface area contributed by atoms with Crippen molar-refractivity contribution in [2.75, 3.05) is 19.7 Å². The lowest BCUT2D eigenvalue weighted by Gasteiger charge is -2.38. The van der Waals surface area contributed by atoms with Gasteiger partial charge in [-0.2, -0.15) is 0 Å². The lowest BCUT2D eigenvalue weighted by Crippen LogP contribution is -2.45. The average molecular weight is 249 g/mol. The summed E-state index contributed by atoms with van der Waals surface area (Å²) in [5, 5.41) is 8.76. The molecule has 1 saturated heterocycles. The zero-order valence-electron chi connectivity index (χ0n) is 10.6. The predicted octanol–water partition coefficient (Wildman–Crippen LogP) is 1.92. The molecule has 1 aliphatic heterocycles. The zero-order chi connectivity index (χ0) is 13.0. The van der Waals surface area contributed by atoms with E-state index in [1.54, 1.807) is 0 Å². The van der Waals surface area contributed by atoms with Gasteiger partial charge in [0.1, 0.15) is 0 Å². The van der Waals surface area contributed by atoms with Crippen molar-refractivity contribution >= 4 is 5.97 Å². The molecule has 4 heteroatoms. The van der Waals surface area contributed by atoms with Gasteiger partial charge in [0, 0.05) is 19.1 Å². The number of hydrogen-bond donors (Lipinski definition) is 1. The Bertz CT molecular complexity index is 393. The van der Waals surface area contributed by atoms with Crippen molar-refractivity contribution in [2.45, 2.75) is 25.5 Å². The smallest absolute Gasteiger partial charge is 0.304 e. The summed E-state index contributed by atoms with van der Waals surface area (Å²) in [6, 6.07) is 10.4. The van der Waals surface area contributed by atoms with E-state index >= 15 is 0 Å². The van der Waals surface area contributed by atoms with Gasteiger partial charge in [-0.1, -0.05) is 30.3 Å². The number of ether oxygens (including phenoxy) is 1. The van der Waals surface area contributed by atoms with Crippen molar-refractivity contribution in [3.8, 4) is 0 Å². The minimum Gasteiger partial charge on any atom is -0.481 e. The Morgan fingerprint density at radius 2 is 2.17 bits per heavy atom. The molecular weight excluding hydrogens is 230 g/mol. The van der Waals surface area contributed by atoms with Crippen LogP contribution in [0.25, 0.3) is 0 Å². The fraction of sp³-hybridized carbons (Fsp3) is 0.500. The van der Waals surface area contributed by atoms with Gasteiger partial charge < -0.3 is 9.84 Å². The first-order valence-corrected chi connectivity index (χ1v) is 6.29. The predicted molar refractivity (Wildman–Crippen MR) is 68.4 cm³/mol. The summed E-state index contributed by atoms with van der Waals surface area (Å²) in [4.78, 5) is 12.8. The van der Waals surface area contributed by atoms with Crippen LogP contribution in [0, 0.1) is 0 Å². The van der Waals surface area contributed by atoms with E-state index in [1.807, 2.05) is 18.2 Å². The van der Waals surface area contributed by atoms with Crippen LogP contribution in [0.3, 0.4) is 0 Å². The fourth-order valence-corrected chi connectivity index (χ4v) is 2.23. The van der Waals surface area contributed by atoms with E-state index in [1.165, 1.54) is 0 Å². The van der Waals surface area contributed by atoms with E-state index in [-0.39, 0.29) is 18.6 Å². The van der Waals surface area contributed by atoms with E-state index < -0.39 is 5.97 Å². The second kappa shape index (κ2) is 5.98. The molecule has 1 aliphatic rings. The Kier molecular flexibility index (Phi) is 4.33. The second-order valence-corrected chi connectivity index (χ2v) is 4.72. The molecule has 1 heterocycles. The molecule has 2 unspecified atom stereocenters. The van der Waals surface area contributed by atoms with Crippen molar-refractivity contribution < 1.29 is 14.6 Å². The first-order chi connectivity index (χ1) is 8.66. The van der Waals surface area contributed by atoms with Crippen molar-refractivity contribution in [2.24, 2.45) is 0 Å². The zero-order valence-corrected chi connectivity index (χ0v) is 10.6. The molecule has 2 atom stereocenters. The van der Waals surface area contributed by atoms with Gasteiger partial charge in [0.15, 0.2) is 0 Å². The van der Waals surface area contributed by atoms with Gasteiger partial charge in [0.25, 0.3) is 0 Å². The van der Waals surface area contributed by atoms with E-state index in [2.05, 4.69) is 24.0 Å². The Morgan fingerprint density at radius 1 is 1.44 bits per heavy atom. The van der Waals surface area contributed by atoms with Crippen molar-refractivity contribution in [1.82, 2.24) is 4.90 Å². The highest BCUT2D eigenvalue weighted by atomic mass is 16.5. The largest absolute Gasteiger partial charge is 0.481 e. The molecule has 0 spiro atoms. The maximum Gasteiger partial charge on any atom is 0.304 e. The van der Waals surface area contributed by atoms with E-state index in [9.17, 15) is 4.79 Å². The third-order valence-electron chi connectivity index (χ3n) is 3.35. The molecule has 0 aromatic heterocycles. The van der Waals surface area contributed by atoms with E-state index in [0.717, 1.165) is 12.1 Å². The molecule has 1 fully saturated rings. The van der Waals surface area contributed by atoms with Gasteiger partial charge >= 0.3 is 5.97 Å². The van der Waals surface area contributed by atoms with Crippen LogP contribution >= 0.6 is 0 Å². The van der Waals surface area contributed by atoms with Crippen LogP contribution in [-0.4, -0.2) is 41.7 Å². The van der Waals surface area contributed by atoms with Gasteiger partial charge in [-0.25, -0.2) is 0 Å². The summed E-state index contributed by atoms with van der Waals surface area (Å²) < 4.78 is 5.82. The first kappa shape index (κ1) is 13.1. The first-order valence-electron chi connectivity index (χ1n) is 6.29. The Balaban J connectivity index is 1.98. The summed E-state index contributed by atoms with van der Waals surface area (Å²) in [6.45, 7) is 4.07. The van der Waals surface area contributed by atoms with Crippen molar-refractivity contribution in [3.63, 3.8) is 0 Å². The maximum absolute atomic E-state index is 10.6. The molecule has 1 aromatic rings. The molecular formula is C14H19NO3. The molecule has 0 bridgehead atoms. The van der Waals surface area contributed by atoms with Gasteiger partial charge in [-0.15, -0.1) is 0 Å². The van der Waals surface area contributed by atoms with Crippen LogP contribution < -0.4 is 0 Å². The second-order valence-electron chi connectivity index (χ2n) is 4.72. The monoisotopic (exact) mass is 249 g/mol. The third-order valence-corrected chi connectivity index (χ3v) is 3.35. The molecule has 98 valence electrons. The summed E-state index contributed by atoms with van der Waals surface area (Å²) in [7, 11) is 0. The number of carboxylic acid groups (broad SMARTS) is 1. The van der Waals surface area contributed by atoms with Gasteiger partial charge in [0.2, 0.25) is 0 Å². The van der Waals surface area contributed by atoms with E-state index in [4.69, 9.17) is 9.84 Å². The highest BCUT2D eigenvalue weighted by Gasteiger charge is 2.26. The van der Waals surface area contributed by atoms with Crippen LogP contribution in [0.1, 0.15) is 25.0 Å². The molecule has 18 heavy (non-hydrogen) atoms. The number of morpholine rings is 1. The Labute approximate surface area is 107 Å². The minimum atomic E-state index is -0.745. The van der Waals surface area contributed by atoms with Gasteiger partial charge in [0.05, 0.1) is 19.1 Å². The number of nitrogens with zero attached hydrogens (tertiary/aromatic N) is 1. The number of aliphatic carboxylic acids is 1. The third kappa shape index (κ3) is 3.31. The lowest BCUT2D eigenvalue weighted by atomic mass is 10.1. The van der Waals surface area contributed by atoms with E-state index in [0.29, 0.717) is 13.2 Å². The summed E-state index contributed by atoms with van der Waals surface area (Å²) in [5.41, 5.74) is 1.16. The molecule has 1 N–H and O–H groups in total. The Hall–Kier alpha value is -1.39. The average Bonchev–Trinajstić information content (AvgIpc) is 2.38. The molecule has 4 nitrogen and oxygen atoms in total. The number of carbonyl (C=O) groups is 1. The van der Waals surface area contributed by atoms with Crippen LogP contribution in [0.2, 0.25) is 0 Å². The molecule has 1 aromatic carbocycles. The minimum absolute atomic E-state index is 0.0520.